The Bertz CT molecular complexity index is 473. The van der Waals surface area contributed by atoms with Gasteiger partial charge in [0.1, 0.15) is 0 Å². The van der Waals surface area contributed by atoms with Crippen LogP contribution in [-0.2, 0) is 0 Å². The summed E-state index contributed by atoms with van der Waals surface area (Å²) in [4.78, 5) is 0. The van der Waals surface area contributed by atoms with E-state index in [2.05, 4.69) is 77.2 Å². The zero-order chi connectivity index (χ0) is 11.0. The average Bonchev–Trinajstić information content (AvgIpc) is 3.11. The molecule has 0 spiro atoms. The normalized spacial score (nSPS) is 23.1. The molecule has 0 unspecified atom stereocenters. The largest absolute Gasteiger partial charge is 0.0622 e. The summed E-state index contributed by atoms with van der Waals surface area (Å²) in [7, 11) is 0. The molecule has 2 atom stereocenters. The number of halogens is 1. The molecule has 0 amide bonds. The van der Waals surface area contributed by atoms with Gasteiger partial charge in [-0.05, 0) is 64.1 Å². The van der Waals surface area contributed by atoms with Crippen LogP contribution in [0.3, 0.4) is 0 Å². The van der Waals surface area contributed by atoms with E-state index in [1.807, 2.05) is 0 Å². The quantitative estimate of drug-likeness (QED) is 0.712. The van der Waals surface area contributed by atoms with Crippen LogP contribution in [0.1, 0.15) is 29.4 Å². The van der Waals surface area contributed by atoms with Crippen molar-refractivity contribution in [3.63, 3.8) is 0 Å². The summed E-state index contributed by atoms with van der Waals surface area (Å²) in [5.41, 5.74) is 2.99. The zero-order valence-electron chi connectivity index (χ0n) is 8.94. The molecule has 0 saturated heterocycles. The summed E-state index contributed by atoms with van der Waals surface area (Å²) in [6.07, 6.45) is 1.31. The third kappa shape index (κ3) is 2.01. The first-order valence-corrected chi connectivity index (χ1v) is 6.73. The summed E-state index contributed by atoms with van der Waals surface area (Å²) in [6, 6.07) is 19.8. The maximum Gasteiger partial charge on any atom is 0.0130 e. The Morgan fingerprint density at radius 1 is 0.750 bits per heavy atom. The number of benzene rings is 2. The van der Waals surface area contributed by atoms with Gasteiger partial charge in [0, 0.05) is 3.57 Å². The first-order valence-electron chi connectivity index (χ1n) is 5.65. The minimum atomic E-state index is 0.749. The lowest BCUT2D eigenvalue weighted by molar-refractivity contribution is 1.03. The van der Waals surface area contributed by atoms with Crippen molar-refractivity contribution in [1.82, 2.24) is 0 Å². The molecular weight excluding hydrogens is 307 g/mol. The molecule has 1 aliphatic rings. The van der Waals surface area contributed by atoms with Crippen LogP contribution in [0.4, 0.5) is 0 Å². The van der Waals surface area contributed by atoms with Crippen LogP contribution in [0.15, 0.2) is 54.6 Å². The van der Waals surface area contributed by atoms with E-state index >= 15 is 0 Å². The molecule has 1 aliphatic carbocycles. The lowest BCUT2D eigenvalue weighted by atomic mass is 10.0. The van der Waals surface area contributed by atoms with E-state index in [4.69, 9.17) is 0 Å². The Morgan fingerprint density at radius 3 is 1.94 bits per heavy atom. The molecule has 0 nitrogen and oxygen atoms in total. The SMILES string of the molecule is Ic1ccc([C@@H]2C[C@H]2c2ccccc2)cc1. The second kappa shape index (κ2) is 4.21. The molecule has 1 saturated carbocycles. The van der Waals surface area contributed by atoms with Crippen LogP contribution in [0.25, 0.3) is 0 Å². The first kappa shape index (κ1) is 10.3. The zero-order valence-corrected chi connectivity index (χ0v) is 11.1. The van der Waals surface area contributed by atoms with Gasteiger partial charge in [-0.3, -0.25) is 0 Å². The van der Waals surface area contributed by atoms with Crippen molar-refractivity contribution in [3.8, 4) is 0 Å². The van der Waals surface area contributed by atoms with Crippen LogP contribution in [0.5, 0.6) is 0 Å². The van der Waals surface area contributed by atoms with Gasteiger partial charge in [0.25, 0.3) is 0 Å². The van der Waals surface area contributed by atoms with E-state index in [0.29, 0.717) is 0 Å². The summed E-state index contributed by atoms with van der Waals surface area (Å²) in [5.74, 6) is 1.50. The van der Waals surface area contributed by atoms with Crippen molar-refractivity contribution < 1.29 is 0 Å². The highest BCUT2D eigenvalue weighted by molar-refractivity contribution is 14.1. The maximum atomic E-state index is 2.36. The van der Waals surface area contributed by atoms with Crippen molar-refractivity contribution in [3.05, 3.63) is 69.3 Å². The van der Waals surface area contributed by atoms with Gasteiger partial charge in [-0.1, -0.05) is 42.5 Å². The molecule has 0 N–H and O–H groups in total. The fourth-order valence-corrected chi connectivity index (χ4v) is 2.70. The maximum absolute atomic E-state index is 2.36. The van der Waals surface area contributed by atoms with Gasteiger partial charge >= 0.3 is 0 Å². The molecule has 0 aliphatic heterocycles. The molecule has 0 bridgehead atoms. The standard InChI is InChI=1S/C15H13I/c16-13-8-6-12(7-9-13)15-10-14(15)11-4-2-1-3-5-11/h1-9,14-15H,10H2/t14-,15-/m0/s1. The Balaban J connectivity index is 1.79. The minimum absolute atomic E-state index is 0.749. The van der Waals surface area contributed by atoms with Crippen molar-refractivity contribution >= 4 is 22.6 Å². The van der Waals surface area contributed by atoms with E-state index in [1.165, 1.54) is 21.1 Å². The van der Waals surface area contributed by atoms with Gasteiger partial charge in [0.2, 0.25) is 0 Å². The molecule has 2 aromatic carbocycles. The van der Waals surface area contributed by atoms with Gasteiger partial charge in [0.15, 0.2) is 0 Å². The Labute approximate surface area is 110 Å². The van der Waals surface area contributed by atoms with E-state index < -0.39 is 0 Å². The number of rotatable bonds is 2. The molecule has 16 heavy (non-hydrogen) atoms. The van der Waals surface area contributed by atoms with Crippen molar-refractivity contribution in [2.24, 2.45) is 0 Å². The Hall–Kier alpha value is -0.830. The van der Waals surface area contributed by atoms with Crippen molar-refractivity contribution in [1.29, 1.82) is 0 Å². The van der Waals surface area contributed by atoms with Gasteiger partial charge in [-0.25, -0.2) is 0 Å². The highest BCUT2D eigenvalue weighted by atomic mass is 127. The molecule has 3 rings (SSSR count). The van der Waals surface area contributed by atoms with Crippen molar-refractivity contribution in [2.45, 2.75) is 18.3 Å². The van der Waals surface area contributed by atoms with Crippen LogP contribution in [0, 0.1) is 3.57 Å². The summed E-state index contributed by atoms with van der Waals surface area (Å²) in [6.45, 7) is 0. The molecule has 0 heterocycles. The topological polar surface area (TPSA) is 0 Å². The van der Waals surface area contributed by atoms with E-state index in [1.54, 1.807) is 0 Å². The van der Waals surface area contributed by atoms with Gasteiger partial charge in [-0.2, -0.15) is 0 Å². The first-order chi connectivity index (χ1) is 7.84. The number of hydrogen-bond acceptors (Lipinski definition) is 0. The predicted molar refractivity (Wildman–Crippen MR) is 75.7 cm³/mol. The monoisotopic (exact) mass is 320 g/mol. The molecule has 1 fully saturated rings. The summed E-state index contributed by atoms with van der Waals surface area (Å²) < 4.78 is 1.32. The minimum Gasteiger partial charge on any atom is -0.0622 e. The second-order valence-electron chi connectivity index (χ2n) is 4.41. The molecule has 80 valence electrons. The van der Waals surface area contributed by atoms with E-state index in [-0.39, 0.29) is 0 Å². The average molecular weight is 320 g/mol. The lowest BCUT2D eigenvalue weighted by Crippen LogP contribution is -1.84. The highest BCUT2D eigenvalue weighted by Gasteiger charge is 2.38. The van der Waals surface area contributed by atoms with Crippen LogP contribution in [-0.4, -0.2) is 0 Å². The predicted octanol–water partition coefficient (Wildman–Crippen LogP) is 4.56. The number of hydrogen-bond donors (Lipinski definition) is 0. The fraction of sp³-hybridized carbons (Fsp3) is 0.200. The van der Waals surface area contributed by atoms with E-state index in [9.17, 15) is 0 Å². The Kier molecular flexibility index (Phi) is 2.72. The highest BCUT2D eigenvalue weighted by Crippen LogP contribution is 2.54. The van der Waals surface area contributed by atoms with Crippen LogP contribution in [0.2, 0.25) is 0 Å². The second-order valence-corrected chi connectivity index (χ2v) is 5.66. The molecular formula is C15H13I. The van der Waals surface area contributed by atoms with Gasteiger partial charge in [-0.15, -0.1) is 0 Å². The smallest absolute Gasteiger partial charge is 0.0130 e. The Morgan fingerprint density at radius 2 is 1.31 bits per heavy atom. The third-order valence-electron chi connectivity index (χ3n) is 3.32. The van der Waals surface area contributed by atoms with Crippen LogP contribution >= 0.6 is 22.6 Å². The van der Waals surface area contributed by atoms with Crippen molar-refractivity contribution in [2.75, 3.05) is 0 Å². The summed E-state index contributed by atoms with van der Waals surface area (Å²) in [5, 5.41) is 0. The molecule has 0 aromatic heterocycles. The van der Waals surface area contributed by atoms with E-state index in [0.717, 1.165) is 11.8 Å². The summed E-state index contributed by atoms with van der Waals surface area (Å²) >= 11 is 2.36. The van der Waals surface area contributed by atoms with Crippen LogP contribution < -0.4 is 0 Å². The fourth-order valence-electron chi connectivity index (χ4n) is 2.34. The molecule has 0 radical (unpaired) electrons. The molecule has 1 heteroatoms. The molecule has 2 aromatic rings. The van der Waals surface area contributed by atoms with Gasteiger partial charge < -0.3 is 0 Å². The lowest BCUT2D eigenvalue weighted by Gasteiger charge is -2.01. The van der Waals surface area contributed by atoms with Gasteiger partial charge in [0.05, 0.1) is 0 Å². The third-order valence-corrected chi connectivity index (χ3v) is 4.04.